The zero-order valence-electron chi connectivity index (χ0n) is 18.6. The number of methoxy groups -OCH3 is 1. The maximum absolute atomic E-state index is 13.4. The molecule has 4 aromatic rings. The van der Waals surface area contributed by atoms with Gasteiger partial charge in [-0.05, 0) is 30.2 Å². The fourth-order valence-corrected chi connectivity index (χ4v) is 4.62. The van der Waals surface area contributed by atoms with Crippen LogP contribution in [0.4, 0.5) is 0 Å². The summed E-state index contributed by atoms with van der Waals surface area (Å²) in [6.07, 6.45) is -0.408. The molecule has 5 rings (SSSR count). The van der Waals surface area contributed by atoms with Crippen LogP contribution in [0.25, 0.3) is 22.2 Å². The van der Waals surface area contributed by atoms with Crippen molar-refractivity contribution in [1.82, 2.24) is 13.7 Å². The van der Waals surface area contributed by atoms with Crippen LogP contribution in [0.1, 0.15) is 22.9 Å². The van der Waals surface area contributed by atoms with Crippen molar-refractivity contribution in [2.75, 3.05) is 13.7 Å². The Bertz CT molecular complexity index is 1440. The zero-order chi connectivity index (χ0) is 22.6. The highest BCUT2D eigenvalue weighted by Gasteiger charge is 2.33. The first-order chi connectivity index (χ1) is 15.4. The monoisotopic (exact) mass is 431 g/mol. The van der Waals surface area contributed by atoms with Crippen molar-refractivity contribution in [1.29, 1.82) is 0 Å². The maximum Gasteiger partial charge on any atom is 0.331 e. The fourth-order valence-electron chi connectivity index (χ4n) is 4.62. The van der Waals surface area contributed by atoms with Crippen LogP contribution in [0.3, 0.4) is 0 Å². The molecular formula is C25H25N3O4. The van der Waals surface area contributed by atoms with Crippen molar-refractivity contribution >= 4 is 10.9 Å². The Labute approximate surface area is 185 Å². The van der Waals surface area contributed by atoms with Crippen molar-refractivity contribution in [3.8, 4) is 17.0 Å². The molecule has 0 N–H and O–H groups in total. The van der Waals surface area contributed by atoms with Crippen LogP contribution in [0, 0.1) is 6.92 Å². The van der Waals surface area contributed by atoms with E-state index in [-0.39, 0.29) is 11.2 Å². The van der Waals surface area contributed by atoms with Gasteiger partial charge in [-0.1, -0.05) is 42.0 Å². The zero-order valence-corrected chi connectivity index (χ0v) is 18.6. The second kappa shape index (κ2) is 7.53. The number of aryl methyl sites for hydroxylation is 2. The van der Waals surface area contributed by atoms with Gasteiger partial charge in [0.25, 0.3) is 5.56 Å². The second-order valence-corrected chi connectivity index (χ2v) is 8.20. The molecule has 2 aromatic carbocycles. The van der Waals surface area contributed by atoms with Crippen molar-refractivity contribution in [3.05, 3.63) is 86.2 Å². The van der Waals surface area contributed by atoms with E-state index in [1.54, 1.807) is 18.7 Å². The van der Waals surface area contributed by atoms with Crippen LogP contribution in [0.2, 0.25) is 0 Å². The van der Waals surface area contributed by atoms with E-state index in [9.17, 15) is 9.59 Å². The molecule has 3 heterocycles. The van der Waals surface area contributed by atoms with Crippen molar-refractivity contribution in [3.63, 3.8) is 0 Å². The van der Waals surface area contributed by atoms with Crippen LogP contribution in [0.15, 0.2) is 58.1 Å². The second-order valence-electron chi connectivity index (χ2n) is 8.20. The summed E-state index contributed by atoms with van der Waals surface area (Å²) >= 11 is 0. The largest absolute Gasteiger partial charge is 0.497 e. The summed E-state index contributed by atoms with van der Waals surface area (Å²) in [6, 6.07) is 15.8. The van der Waals surface area contributed by atoms with Gasteiger partial charge in [-0.2, -0.15) is 0 Å². The first-order valence-corrected chi connectivity index (χ1v) is 10.6. The van der Waals surface area contributed by atoms with E-state index in [1.165, 1.54) is 11.6 Å². The third-order valence-corrected chi connectivity index (χ3v) is 6.30. The van der Waals surface area contributed by atoms with E-state index in [0.29, 0.717) is 24.1 Å². The average Bonchev–Trinajstić information content (AvgIpc) is 3.17. The minimum atomic E-state index is -0.408. The number of nitrogens with zero attached hydrogens (tertiary/aromatic N) is 3. The van der Waals surface area contributed by atoms with Gasteiger partial charge in [0.2, 0.25) is 0 Å². The highest BCUT2D eigenvalue weighted by molar-refractivity contribution is 5.96. The lowest BCUT2D eigenvalue weighted by atomic mass is 10.0. The molecule has 0 amide bonds. The van der Waals surface area contributed by atoms with E-state index in [1.807, 2.05) is 55.5 Å². The lowest BCUT2D eigenvalue weighted by Gasteiger charge is -2.27. The normalized spacial score (nSPS) is 15.7. The number of hydrogen-bond acceptors (Lipinski definition) is 4. The molecule has 2 aromatic heterocycles. The molecule has 164 valence electrons. The Morgan fingerprint density at radius 1 is 0.969 bits per heavy atom. The van der Waals surface area contributed by atoms with Gasteiger partial charge in [-0.3, -0.25) is 13.9 Å². The fraction of sp³-hybridized carbons (Fsp3) is 0.280. The van der Waals surface area contributed by atoms with E-state index >= 15 is 0 Å². The van der Waals surface area contributed by atoms with E-state index in [2.05, 4.69) is 4.57 Å². The quantitative estimate of drug-likeness (QED) is 0.500. The molecule has 1 aliphatic rings. The van der Waals surface area contributed by atoms with Crippen LogP contribution in [-0.4, -0.2) is 27.4 Å². The summed E-state index contributed by atoms with van der Waals surface area (Å²) in [6.45, 7) is 3.13. The summed E-state index contributed by atoms with van der Waals surface area (Å²) in [5.74, 6) is 0.756. The topological polar surface area (TPSA) is 67.4 Å². The predicted molar refractivity (Wildman–Crippen MR) is 123 cm³/mol. The summed E-state index contributed by atoms with van der Waals surface area (Å²) in [5, 5.41) is 0.539. The van der Waals surface area contributed by atoms with Gasteiger partial charge in [-0.25, -0.2) is 4.79 Å². The number of hydrogen-bond donors (Lipinski definition) is 0. The van der Waals surface area contributed by atoms with Gasteiger partial charge in [0, 0.05) is 20.6 Å². The SMILES string of the molecule is COc1ccc(C2OCCn3c(-c4ccc(C)cc4)c4c(=O)n(C)c(=O)n(C)c4c32)cc1. The van der Waals surface area contributed by atoms with Gasteiger partial charge in [0.15, 0.2) is 0 Å². The molecule has 0 saturated heterocycles. The van der Waals surface area contributed by atoms with Crippen LogP contribution in [0.5, 0.6) is 5.75 Å². The van der Waals surface area contributed by atoms with Crippen LogP contribution < -0.4 is 16.0 Å². The molecule has 1 aliphatic heterocycles. The smallest absolute Gasteiger partial charge is 0.331 e. The number of benzene rings is 2. The third kappa shape index (κ3) is 2.92. The first-order valence-electron chi connectivity index (χ1n) is 10.6. The van der Waals surface area contributed by atoms with E-state index in [4.69, 9.17) is 9.47 Å². The molecular weight excluding hydrogens is 406 g/mol. The minimum absolute atomic E-state index is 0.297. The lowest BCUT2D eigenvalue weighted by Crippen LogP contribution is -2.37. The first kappa shape index (κ1) is 20.3. The van der Waals surface area contributed by atoms with Crippen molar-refractivity contribution in [2.24, 2.45) is 14.1 Å². The van der Waals surface area contributed by atoms with Crippen LogP contribution >= 0.6 is 0 Å². The lowest BCUT2D eigenvalue weighted by molar-refractivity contribution is 0.0478. The number of aromatic nitrogens is 3. The molecule has 1 unspecified atom stereocenters. The van der Waals surface area contributed by atoms with Gasteiger partial charge < -0.3 is 14.0 Å². The molecule has 0 spiro atoms. The molecule has 0 radical (unpaired) electrons. The average molecular weight is 431 g/mol. The summed E-state index contributed by atoms with van der Waals surface area (Å²) < 4.78 is 16.4. The Morgan fingerprint density at radius 3 is 2.31 bits per heavy atom. The molecule has 0 aliphatic carbocycles. The van der Waals surface area contributed by atoms with Gasteiger partial charge in [0.1, 0.15) is 11.9 Å². The minimum Gasteiger partial charge on any atom is -0.497 e. The Hall–Kier alpha value is -3.58. The number of rotatable bonds is 3. The molecule has 7 heteroatoms. The van der Waals surface area contributed by atoms with E-state index in [0.717, 1.165) is 33.8 Å². The standard InChI is InChI=1S/C25H25N3O4/c1-15-5-7-16(8-6-15)20-19-21(26(2)25(30)27(3)24(19)29)22-23(32-14-13-28(20)22)17-9-11-18(31-4)12-10-17/h5-12,23H,13-14H2,1-4H3. The van der Waals surface area contributed by atoms with Crippen molar-refractivity contribution in [2.45, 2.75) is 19.6 Å². The Kier molecular flexibility index (Phi) is 4.78. The summed E-state index contributed by atoms with van der Waals surface area (Å²) in [7, 11) is 4.87. The van der Waals surface area contributed by atoms with Gasteiger partial charge >= 0.3 is 5.69 Å². The summed E-state index contributed by atoms with van der Waals surface area (Å²) in [4.78, 5) is 26.3. The van der Waals surface area contributed by atoms with E-state index < -0.39 is 6.10 Å². The predicted octanol–water partition coefficient (Wildman–Crippen LogP) is 3.14. The Morgan fingerprint density at radius 2 is 1.66 bits per heavy atom. The molecule has 7 nitrogen and oxygen atoms in total. The molecule has 0 saturated carbocycles. The highest BCUT2D eigenvalue weighted by atomic mass is 16.5. The third-order valence-electron chi connectivity index (χ3n) is 6.30. The maximum atomic E-state index is 13.4. The molecule has 0 bridgehead atoms. The van der Waals surface area contributed by atoms with Gasteiger partial charge in [0.05, 0.1) is 36.0 Å². The van der Waals surface area contributed by atoms with Crippen molar-refractivity contribution < 1.29 is 9.47 Å². The number of ether oxygens (including phenoxy) is 2. The molecule has 32 heavy (non-hydrogen) atoms. The van der Waals surface area contributed by atoms with Crippen LogP contribution in [-0.2, 0) is 25.4 Å². The number of fused-ring (bicyclic) bond motifs is 3. The molecule has 1 atom stereocenters. The van der Waals surface area contributed by atoms with Gasteiger partial charge in [-0.15, -0.1) is 0 Å². The Balaban J connectivity index is 1.89. The highest BCUT2D eigenvalue weighted by Crippen LogP contribution is 2.40. The summed E-state index contributed by atoms with van der Waals surface area (Å²) in [5.41, 5.74) is 4.64. The molecule has 0 fully saturated rings.